The lowest BCUT2D eigenvalue weighted by Crippen LogP contribution is -2.42. The average molecular weight is 309 g/mol. The van der Waals surface area contributed by atoms with Crippen molar-refractivity contribution in [2.24, 2.45) is 0 Å². The van der Waals surface area contributed by atoms with Gasteiger partial charge in [0, 0.05) is 17.9 Å². The summed E-state index contributed by atoms with van der Waals surface area (Å²) in [6, 6.07) is 4.95. The van der Waals surface area contributed by atoms with Crippen molar-refractivity contribution in [2.75, 3.05) is 16.8 Å². The first kappa shape index (κ1) is 12.0. The third-order valence-corrected chi connectivity index (χ3v) is 3.99. The number of aromatic nitrogens is 3. The Morgan fingerprint density at radius 2 is 2.28 bits per heavy atom. The zero-order chi connectivity index (χ0) is 12.5. The molecule has 0 radical (unpaired) electrons. The molecule has 1 aliphatic rings. The molecule has 96 valence electrons. The summed E-state index contributed by atoms with van der Waals surface area (Å²) < 4.78 is 1.95. The highest BCUT2D eigenvalue weighted by molar-refractivity contribution is 9.09. The molecule has 2 aromatic rings. The highest BCUT2D eigenvalue weighted by atomic mass is 79.9. The fraction of sp³-hybridized carbons (Fsp3) is 0.538. The molecule has 18 heavy (non-hydrogen) atoms. The normalized spacial score (nSPS) is 15.9. The Kier molecular flexibility index (Phi) is 3.24. The minimum atomic E-state index is 0.664. The number of hydrogen-bond donors (Lipinski definition) is 0. The molecule has 5 heteroatoms. The largest absolute Gasteiger partial charge is 0.353 e. The molecule has 3 rings (SSSR count). The zero-order valence-corrected chi connectivity index (χ0v) is 12.1. The fourth-order valence-corrected chi connectivity index (χ4v) is 2.90. The SMILES string of the molecule is Cc1cc(N(CCBr)C2CCC2)n2ncnc2c1. The van der Waals surface area contributed by atoms with E-state index in [1.165, 1.54) is 30.6 Å². The Bertz CT molecular complexity index is 547. The number of nitrogens with zero attached hydrogens (tertiary/aromatic N) is 4. The van der Waals surface area contributed by atoms with E-state index in [-0.39, 0.29) is 0 Å². The minimum Gasteiger partial charge on any atom is -0.353 e. The van der Waals surface area contributed by atoms with E-state index in [0.717, 1.165) is 17.5 Å². The lowest BCUT2D eigenvalue weighted by Gasteiger charge is -2.38. The maximum absolute atomic E-state index is 4.35. The van der Waals surface area contributed by atoms with Crippen molar-refractivity contribution in [1.82, 2.24) is 14.6 Å². The van der Waals surface area contributed by atoms with E-state index in [4.69, 9.17) is 0 Å². The Morgan fingerprint density at radius 1 is 1.44 bits per heavy atom. The number of aryl methyl sites for hydroxylation is 1. The standard InChI is InChI=1S/C13H17BrN4/c1-10-7-12-15-9-16-18(12)13(8-10)17(6-5-14)11-3-2-4-11/h7-9,11H,2-6H2,1H3. The van der Waals surface area contributed by atoms with Gasteiger partial charge in [-0.3, -0.25) is 0 Å². The highest BCUT2D eigenvalue weighted by Gasteiger charge is 2.26. The first-order chi connectivity index (χ1) is 8.79. The van der Waals surface area contributed by atoms with Gasteiger partial charge in [0.05, 0.1) is 0 Å². The maximum atomic E-state index is 4.35. The van der Waals surface area contributed by atoms with Gasteiger partial charge in [-0.2, -0.15) is 9.61 Å². The Balaban J connectivity index is 2.06. The van der Waals surface area contributed by atoms with Crippen LogP contribution in [0, 0.1) is 6.92 Å². The van der Waals surface area contributed by atoms with Gasteiger partial charge < -0.3 is 4.90 Å². The summed E-state index contributed by atoms with van der Waals surface area (Å²) in [4.78, 5) is 6.76. The quantitative estimate of drug-likeness (QED) is 0.814. The van der Waals surface area contributed by atoms with E-state index < -0.39 is 0 Å². The molecule has 2 aromatic heterocycles. The van der Waals surface area contributed by atoms with Crippen LogP contribution in [0.25, 0.3) is 5.65 Å². The number of rotatable bonds is 4. The van der Waals surface area contributed by atoms with Crippen molar-refractivity contribution in [2.45, 2.75) is 32.2 Å². The van der Waals surface area contributed by atoms with E-state index in [1.54, 1.807) is 6.33 Å². The number of anilines is 1. The average Bonchev–Trinajstić information content (AvgIpc) is 2.72. The van der Waals surface area contributed by atoms with E-state index in [9.17, 15) is 0 Å². The van der Waals surface area contributed by atoms with Crippen molar-refractivity contribution in [3.63, 3.8) is 0 Å². The summed E-state index contributed by atoms with van der Waals surface area (Å²) in [6.07, 6.45) is 5.55. The van der Waals surface area contributed by atoms with Crippen LogP contribution in [-0.4, -0.2) is 32.5 Å². The molecule has 0 aliphatic heterocycles. The predicted molar refractivity (Wildman–Crippen MR) is 76.5 cm³/mol. The first-order valence-electron chi connectivity index (χ1n) is 6.42. The molecule has 1 fully saturated rings. The molecule has 0 amide bonds. The number of halogens is 1. The Hall–Kier alpha value is -1.10. The fourth-order valence-electron chi connectivity index (χ4n) is 2.51. The van der Waals surface area contributed by atoms with Gasteiger partial charge in [0.15, 0.2) is 5.65 Å². The van der Waals surface area contributed by atoms with E-state index in [0.29, 0.717) is 6.04 Å². The third kappa shape index (κ3) is 2.00. The molecule has 0 N–H and O–H groups in total. The van der Waals surface area contributed by atoms with Crippen LogP contribution in [0.3, 0.4) is 0 Å². The van der Waals surface area contributed by atoms with Gasteiger partial charge >= 0.3 is 0 Å². The third-order valence-electron chi connectivity index (χ3n) is 3.64. The molecule has 0 atom stereocenters. The van der Waals surface area contributed by atoms with Gasteiger partial charge in [-0.15, -0.1) is 0 Å². The van der Waals surface area contributed by atoms with Crippen LogP contribution in [0.5, 0.6) is 0 Å². The Morgan fingerprint density at radius 3 is 2.94 bits per heavy atom. The van der Waals surface area contributed by atoms with E-state index >= 15 is 0 Å². The molecule has 0 bridgehead atoms. The van der Waals surface area contributed by atoms with Gasteiger partial charge in [0.2, 0.25) is 0 Å². The second-order valence-corrected chi connectivity index (χ2v) is 5.68. The van der Waals surface area contributed by atoms with Crippen LogP contribution in [-0.2, 0) is 0 Å². The molecule has 4 nitrogen and oxygen atoms in total. The second kappa shape index (κ2) is 4.88. The highest BCUT2D eigenvalue weighted by Crippen LogP contribution is 2.30. The van der Waals surface area contributed by atoms with Gasteiger partial charge in [0.25, 0.3) is 0 Å². The zero-order valence-electron chi connectivity index (χ0n) is 10.5. The smallest absolute Gasteiger partial charge is 0.157 e. The number of hydrogen-bond acceptors (Lipinski definition) is 3. The summed E-state index contributed by atoms with van der Waals surface area (Å²) in [6.45, 7) is 3.13. The lowest BCUT2D eigenvalue weighted by molar-refractivity contribution is 0.387. The van der Waals surface area contributed by atoms with Gasteiger partial charge in [-0.25, -0.2) is 4.98 Å². The van der Waals surface area contributed by atoms with Gasteiger partial charge in [-0.1, -0.05) is 15.9 Å². The molecule has 1 aliphatic carbocycles. The molecule has 0 unspecified atom stereocenters. The summed E-state index contributed by atoms with van der Waals surface area (Å²) in [5.74, 6) is 1.17. The predicted octanol–water partition coefficient (Wildman–Crippen LogP) is 2.79. The molecule has 1 saturated carbocycles. The monoisotopic (exact) mass is 308 g/mol. The summed E-state index contributed by atoms with van der Waals surface area (Å²) >= 11 is 3.56. The molecule has 2 heterocycles. The van der Waals surface area contributed by atoms with Crippen molar-refractivity contribution >= 4 is 27.4 Å². The van der Waals surface area contributed by atoms with Gasteiger partial charge in [-0.05, 0) is 43.9 Å². The van der Waals surface area contributed by atoms with Crippen LogP contribution in [0.1, 0.15) is 24.8 Å². The minimum absolute atomic E-state index is 0.664. The van der Waals surface area contributed by atoms with Crippen LogP contribution >= 0.6 is 15.9 Å². The maximum Gasteiger partial charge on any atom is 0.157 e. The van der Waals surface area contributed by atoms with E-state index in [1.807, 2.05) is 4.52 Å². The summed E-state index contributed by atoms with van der Waals surface area (Å²) in [5.41, 5.74) is 2.17. The van der Waals surface area contributed by atoms with Crippen molar-refractivity contribution in [3.8, 4) is 0 Å². The topological polar surface area (TPSA) is 33.4 Å². The lowest BCUT2D eigenvalue weighted by atomic mass is 9.91. The Labute approximate surface area is 115 Å². The van der Waals surface area contributed by atoms with Crippen LogP contribution in [0.2, 0.25) is 0 Å². The molecule has 0 spiro atoms. The number of alkyl halides is 1. The second-order valence-electron chi connectivity index (χ2n) is 4.89. The van der Waals surface area contributed by atoms with Crippen LogP contribution < -0.4 is 4.90 Å². The first-order valence-corrected chi connectivity index (χ1v) is 7.55. The van der Waals surface area contributed by atoms with Gasteiger partial charge in [0.1, 0.15) is 12.1 Å². The molecule has 0 aromatic carbocycles. The molecule has 0 saturated heterocycles. The molecular formula is C13H17BrN4. The van der Waals surface area contributed by atoms with E-state index in [2.05, 4.69) is 50.0 Å². The van der Waals surface area contributed by atoms with Crippen molar-refractivity contribution in [3.05, 3.63) is 24.0 Å². The van der Waals surface area contributed by atoms with Crippen molar-refractivity contribution in [1.29, 1.82) is 0 Å². The molecular weight excluding hydrogens is 292 g/mol. The van der Waals surface area contributed by atoms with Crippen LogP contribution in [0.15, 0.2) is 18.5 Å². The summed E-state index contributed by atoms with van der Waals surface area (Å²) in [7, 11) is 0. The number of pyridine rings is 1. The number of fused-ring (bicyclic) bond motifs is 1. The van der Waals surface area contributed by atoms with Crippen LogP contribution in [0.4, 0.5) is 5.82 Å². The van der Waals surface area contributed by atoms with Crippen molar-refractivity contribution < 1.29 is 0 Å². The summed E-state index contributed by atoms with van der Waals surface area (Å²) in [5, 5.41) is 5.33.